The second-order valence-electron chi connectivity index (χ2n) is 4.33. The first kappa shape index (κ1) is 11.9. The van der Waals surface area contributed by atoms with E-state index in [4.69, 9.17) is 23.2 Å². The fourth-order valence-corrected chi connectivity index (χ4v) is 2.39. The molecule has 1 aliphatic carbocycles. The minimum atomic E-state index is -0.377. The van der Waals surface area contributed by atoms with E-state index in [-0.39, 0.29) is 5.82 Å². The van der Waals surface area contributed by atoms with Gasteiger partial charge in [-0.05, 0) is 31.0 Å². The van der Waals surface area contributed by atoms with E-state index in [9.17, 15) is 4.39 Å². The molecule has 0 spiro atoms. The summed E-state index contributed by atoms with van der Waals surface area (Å²) in [7, 11) is 0. The molecule has 2 aromatic rings. The van der Waals surface area contributed by atoms with Gasteiger partial charge in [0.2, 0.25) is 0 Å². The fourth-order valence-electron chi connectivity index (χ4n) is 1.83. The van der Waals surface area contributed by atoms with Crippen LogP contribution in [0.2, 0.25) is 10.2 Å². The van der Waals surface area contributed by atoms with Crippen molar-refractivity contribution in [2.24, 2.45) is 0 Å². The Morgan fingerprint density at radius 3 is 2.61 bits per heavy atom. The van der Waals surface area contributed by atoms with E-state index in [0.29, 0.717) is 27.4 Å². The molecule has 0 atom stereocenters. The van der Waals surface area contributed by atoms with Crippen LogP contribution < -0.4 is 0 Å². The monoisotopic (exact) mass is 282 g/mol. The van der Waals surface area contributed by atoms with E-state index in [1.165, 1.54) is 12.1 Å². The normalized spacial score (nSPS) is 14.8. The Morgan fingerprint density at radius 1 is 1.22 bits per heavy atom. The second-order valence-corrected chi connectivity index (χ2v) is 5.09. The van der Waals surface area contributed by atoms with E-state index in [0.717, 1.165) is 18.5 Å². The Hall–Kier alpha value is -1.19. The third-order valence-electron chi connectivity index (χ3n) is 2.93. The van der Waals surface area contributed by atoms with Crippen molar-refractivity contribution >= 4 is 23.2 Å². The van der Waals surface area contributed by atoms with Crippen molar-refractivity contribution in [1.29, 1.82) is 0 Å². The number of nitrogens with zero attached hydrogens (tertiary/aromatic N) is 2. The summed E-state index contributed by atoms with van der Waals surface area (Å²) in [5.41, 5.74) is 2.04. The van der Waals surface area contributed by atoms with Crippen LogP contribution >= 0.6 is 23.2 Å². The molecule has 1 aromatic heterocycles. The van der Waals surface area contributed by atoms with Crippen molar-refractivity contribution < 1.29 is 4.39 Å². The molecule has 3 rings (SSSR count). The van der Waals surface area contributed by atoms with Gasteiger partial charge < -0.3 is 0 Å². The quantitative estimate of drug-likeness (QED) is 0.812. The zero-order valence-corrected chi connectivity index (χ0v) is 10.8. The van der Waals surface area contributed by atoms with Gasteiger partial charge in [0.1, 0.15) is 5.82 Å². The summed E-state index contributed by atoms with van der Waals surface area (Å²) in [5.74, 6) is 0.0696. The lowest BCUT2D eigenvalue weighted by atomic mass is 10.1. The highest BCUT2D eigenvalue weighted by molar-refractivity contribution is 6.33. The van der Waals surface area contributed by atoms with Crippen LogP contribution in [-0.4, -0.2) is 9.97 Å². The molecule has 1 saturated carbocycles. The minimum Gasteiger partial charge on any atom is -0.256 e. The van der Waals surface area contributed by atoms with Crippen LogP contribution in [0.5, 0.6) is 0 Å². The highest BCUT2D eigenvalue weighted by atomic mass is 35.5. The third-order valence-corrected chi connectivity index (χ3v) is 3.52. The van der Waals surface area contributed by atoms with Crippen LogP contribution in [0.3, 0.4) is 0 Å². The van der Waals surface area contributed by atoms with Gasteiger partial charge in [-0.3, -0.25) is 4.98 Å². The molecule has 0 amide bonds. The van der Waals surface area contributed by atoms with Crippen molar-refractivity contribution in [1.82, 2.24) is 9.97 Å². The van der Waals surface area contributed by atoms with Crippen molar-refractivity contribution in [3.8, 4) is 11.3 Å². The van der Waals surface area contributed by atoms with E-state index in [2.05, 4.69) is 9.97 Å². The van der Waals surface area contributed by atoms with Gasteiger partial charge in [0, 0.05) is 11.5 Å². The molecule has 0 saturated heterocycles. The number of halogens is 3. The first-order valence-corrected chi connectivity index (χ1v) is 6.38. The van der Waals surface area contributed by atoms with E-state index in [1.54, 1.807) is 12.3 Å². The maximum Gasteiger partial charge on any atom is 0.151 e. The highest BCUT2D eigenvalue weighted by Crippen LogP contribution is 2.42. The maximum absolute atomic E-state index is 13.0. The summed E-state index contributed by atoms with van der Waals surface area (Å²) in [6.45, 7) is 0. The van der Waals surface area contributed by atoms with Crippen molar-refractivity contribution in [2.45, 2.75) is 18.8 Å². The Balaban J connectivity index is 2.03. The van der Waals surface area contributed by atoms with Crippen molar-refractivity contribution in [2.75, 3.05) is 0 Å². The van der Waals surface area contributed by atoms with Gasteiger partial charge in [-0.15, -0.1) is 0 Å². The molecule has 1 aliphatic rings. The topological polar surface area (TPSA) is 25.8 Å². The summed E-state index contributed by atoms with van der Waals surface area (Å²) in [4.78, 5) is 8.62. The molecular formula is C13H9Cl2FN2. The zero-order chi connectivity index (χ0) is 12.7. The van der Waals surface area contributed by atoms with Crippen LogP contribution in [-0.2, 0) is 0 Å². The van der Waals surface area contributed by atoms with Gasteiger partial charge in [-0.25, -0.2) is 9.37 Å². The SMILES string of the molecule is Fc1ccc(-c2cnc(C3CC3)c(Cl)n2)c(Cl)c1. The smallest absolute Gasteiger partial charge is 0.151 e. The average Bonchev–Trinajstić information content (AvgIpc) is 3.13. The predicted octanol–water partition coefficient (Wildman–Crippen LogP) is 4.47. The maximum atomic E-state index is 13.0. The molecule has 92 valence electrons. The molecular weight excluding hydrogens is 274 g/mol. The summed E-state index contributed by atoms with van der Waals surface area (Å²) in [6, 6.07) is 4.17. The Bertz CT molecular complexity index is 612. The summed E-state index contributed by atoms with van der Waals surface area (Å²) < 4.78 is 13.0. The third kappa shape index (κ3) is 2.20. The summed E-state index contributed by atoms with van der Waals surface area (Å²) >= 11 is 12.1. The number of hydrogen-bond acceptors (Lipinski definition) is 2. The van der Waals surface area contributed by atoms with Gasteiger partial charge >= 0.3 is 0 Å². The minimum absolute atomic E-state index is 0.305. The van der Waals surface area contributed by atoms with Crippen LogP contribution in [0.15, 0.2) is 24.4 Å². The molecule has 0 radical (unpaired) electrons. The molecule has 0 bridgehead atoms. The summed E-state index contributed by atoms with van der Waals surface area (Å²) in [6.07, 6.45) is 3.87. The highest BCUT2D eigenvalue weighted by Gasteiger charge is 2.28. The number of rotatable bonds is 2. The lowest BCUT2D eigenvalue weighted by Gasteiger charge is -2.06. The number of aromatic nitrogens is 2. The average molecular weight is 283 g/mol. The van der Waals surface area contributed by atoms with Gasteiger partial charge in [0.15, 0.2) is 5.15 Å². The van der Waals surface area contributed by atoms with E-state index in [1.807, 2.05) is 0 Å². The van der Waals surface area contributed by atoms with Crippen LogP contribution in [0.1, 0.15) is 24.5 Å². The fraction of sp³-hybridized carbons (Fsp3) is 0.231. The first-order chi connectivity index (χ1) is 8.65. The molecule has 0 unspecified atom stereocenters. The Labute approximate surface area is 114 Å². The first-order valence-electron chi connectivity index (χ1n) is 5.63. The Morgan fingerprint density at radius 2 is 2.00 bits per heavy atom. The molecule has 18 heavy (non-hydrogen) atoms. The predicted molar refractivity (Wildman–Crippen MR) is 69.4 cm³/mol. The molecule has 1 heterocycles. The van der Waals surface area contributed by atoms with Gasteiger partial charge in [-0.2, -0.15) is 0 Å². The molecule has 1 aromatic carbocycles. The standard InChI is InChI=1S/C13H9Cl2FN2/c14-10-5-8(16)3-4-9(10)11-6-17-12(7-1-2-7)13(15)18-11/h3-7H,1-2H2. The summed E-state index contributed by atoms with van der Waals surface area (Å²) in [5, 5.41) is 0.718. The molecule has 0 N–H and O–H groups in total. The van der Waals surface area contributed by atoms with Crippen LogP contribution in [0.25, 0.3) is 11.3 Å². The largest absolute Gasteiger partial charge is 0.256 e. The van der Waals surface area contributed by atoms with Crippen molar-refractivity contribution in [3.63, 3.8) is 0 Å². The number of benzene rings is 1. The molecule has 0 aliphatic heterocycles. The zero-order valence-electron chi connectivity index (χ0n) is 9.33. The second kappa shape index (κ2) is 4.48. The molecule has 5 heteroatoms. The van der Waals surface area contributed by atoms with Crippen molar-refractivity contribution in [3.05, 3.63) is 46.1 Å². The van der Waals surface area contributed by atoms with Crippen LogP contribution in [0.4, 0.5) is 4.39 Å². The number of hydrogen-bond donors (Lipinski definition) is 0. The lowest BCUT2D eigenvalue weighted by Crippen LogP contribution is -1.94. The molecule has 1 fully saturated rings. The van der Waals surface area contributed by atoms with Crippen LogP contribution in [0, 0.1) is 5.82 Å². The van der Waals surface area contributed by atoms with Gasteiger partial charge in [0.05, 0.1) is 22.6 Å². The van der Waals surface area contributed by atoms with Gasteiger partial charge in [0.25, 0.3) is 0 Å². The molecule has 2 nitrogen and oxygen atoms in total. The van der Waals surface area contributed by atoms with E-state index >= 15 is 0 Å². The Kier molecular flexibility index (Phi) is 2.96. The lowest BCUT2D eigenvalue weighted by molar-refractivity contribution is 0.628. The van der Waals surface area contributed by atoms with Gasteiger partial charge in [-0.1, -0.05) is 23.2 Å². The van der Waals surface area contributed by atoms with E-state index < -0.39 is 0 Å².